The second-order valence-electron chi connectivity index (χ2n) is 6.22. The van der Waals surface area contributed by atoms with Gasteiger partial charge in [0, 0.05) is 13.1 Å². The van der Waals surface area contributed by atoms with Gasteiger partial charge in [0.05, 0.1) is 0 Å². The van der Waals surface area contributed by atoms with Gasteiger partial charge in [-0.2, -0.15) is 0 Å². The monoisotopic (exact) mass is 317 g/mol. The molecule has 0 unspecified atom stereocenters. The number of carbonyl (C=O) groups excluding carboxylic acids is 2. The molecule has 0 spiro atoms. The van der Waals surface area contributed by atoms with Crippen molar-refractivity contribution in [3.05, 3.63) is 35.9 Å². The summed E-state index contributed by atoms with van der Waals surface area (Å²) in [6.45, 7) is 9.21. The smallest absolute Gasteiger partial charge is 0.319 e. The lowest BCUT2D eigenvalue weighted by Crippen LogP contribution is -2.42. The predicted molar refractivity (Wildman–Crippen MR) is 91.1 cm³/mol. The van der Waals surface area contributed by atoms with Crippen LogP contribution in [0.5, 0.6) is 0 Å². The molecule has 1 fully saturated rings. The summed E-state index contributed by atoms with van der Waals surface area (Å²) in [6.07, 6.45) is 2.14. The minimum atomic E-state index is -0.960. The van der Waals surface area contributed by atoms with Crippen LogP contribution in [-0.2, 0) is 10.3 Å². The highest BCUT2D eigenvalue weighted by Crippen LogP contribution is 2.28. The van der Waals surface area contributed by atoms with E-state index in [1.165, 1.54) is 4.90 Å². The van der Waals surface area contributed by atoms with Gasteiger partial charge < -0.3 is 10.2 Å². The van der Waals surface area contributed by atoms with Gasteiger partial charge in [-0.3, -0.25) is 9.69 Å². The number of nitrogens with zero attached hydrogens (tertiary/aromatic N) is 2. The number of benzene rings is 1. The molecule has 5 heteroatoms. The molecular formula is C18H27N3O2. The van der Waals surface area contributed by atoms with Gasteiger partial charge in [-0.1, -0.05) is 44.2 Å². The summed E-state index contributed by atoms with van der Waals surface area (Å²) in [5.74, 6) is -0.165. The average molecular weight is 317 g/mol. The molecule has 1 aliphatic rings. The van der Waals surface area contributed by atoms with Crippen LogP contribution in [-0.4, -0.2) is 47.9 Å². The highest BCUT2D eigenvalue weighted by molar-refractivity contribution is 6.07. The Labute approximate surface area is 138 Å². The van der Waals surface area contributed by atoms with Crippen LogP contribution in [0.3, 0.4) is 0 Å². The maximum Gasteiger partial charge on any atom is 0.325 e. The fourth-order valence-electron chi connectivity index (χ4n) is 3.08. The summed E-state index contributed by atoms with van der Waals surface area (Å²) in [7, 11) is 0. The average Bonchev–Trinajstić information content (AvgIpc) is 2.77. The van der Waals surface area contributed by atoms with Gasteiger partial charge in [0.1, 0.15) is 5.54 Å². The van der Waals surface area contributed by atoms with Crippen molar-refractivity contribution in [2.75, 3.05) is 26.2 Å². The summed E-state index contributed by atoms with van der Waals surface area (Å²) in [5, 5.41) is 2.85. The Morgan fingerprint density at radius 1 is 1.04 bits per heavy atom. The maximum atomic E-state index is 12.8. The Morgan fingerprint density at radius 3 is 2.22 bits per heavy atom. The zero-order chi connectivity index (χ0) is 16.9. The minimum Gasteiger partial charge on any atom is -0.319 e. The van der Waals surface area contributed by atoms with Crippen molar-refractivity contribution >= 4 is 11.9 Å². The lowest BCUT2D eigenvalue weighted by molar-refractivity contribution is -0.131. The molecule has 1 saturated heterocycles. The van der Waals surface area contributed by atoms with Gasteiger partial charge in [0.15, 0.2) is 0 Å². The first-order valence-electron chi connectivity index (χ1n) is 8.45. The van der Waals surface area contributed by atoms with E-state index in [9.17, 15) is 9.59 Å². The quantitative estimate of drug-likeness (QED) is 0.750. The Bertz CT molecular complexity index is 540. The number of amides is 3. The first-order valence-corrected chi connectivity index (χ1v) is 8.45. The summed E-state index contributed by atoms with van der Waals surface area (Å²) in [5.41, 5.74) is -0.140. The molecule has 1 atom stereocenters. The largest absolute Gasteiger partial charge is 0.325 e. The molecule has 2 rings (SSSR count). The molecule has 1 N–H and O–H groups in total. The number of nitrogens with one attached hydrogen (secondary N) is 1. The normalized spacial score (nSPS) is 21.1. The van der Waals surface area contributed by atoms with Crippen molar-refractivity contribution in [2.45, 2.75) is 39.2 Å². The van der Waals surface area contributed by atoms with Crippen molar-refractivity contribution in [1.82, 2.24) is 15.1 Å². The van der Waals surface area contributed by atoms with E-state index < -0.39 is 5.54 Å². The molecule has 1 heterocycles. The standard InChI is InChI=1S/C18H27N3O2/c1-4-11-20(12-5-2)13-14-21-16(22)18(3,19-17(21)23)15-9-7-6-8-10-15/h6-10H,4-5,11-14H2,1-3H3,(H,19,23)/t18-/m0/s1. The second-order valence-corrected chi connectivity index (χ2v) is 6.22. The molecule has 0 bridgehead atoms. The van der Waals surface area contributed by atoms with Gasteiger partial charge in [-0.15, -0.1) is 0 Å². The van der Waals surface area contributed by atoms with Crippen LogP contribution in [0.25, 0.3) is 0 Å². The number of imide groups is 1. The first kappa shape index (κ1) is 17.5. The molecular weight excluding hydrogens is 290 g/mol. The minimum absolute atomic E-state index is 0.165. The Balaban J connectivity index is 2.07. The third-order valence-electron chi connectivity index (χ3n) is 4.35. The SMILES string of the molecule is CCCN(CCC)CCN1C(=O)N[C@@](C)(c2ccccc2)C1=O. The number of urea groups is 1. The molecule has 0 aromatic heterocycles. The Morgan fingerprint density at radius 2 is 1.65 bits per heavy atom. The molecule has 126 valence electrons. The summed E-state index contributed by atoms with van der Waals surface area (Å²) >= 11 is 0. The van der Waals surface area contributed by atoms with Crippen LogP contribution >= 0.6 is 0 Å². The van der Waals surface area contributed by atoms with Crippen LogP contribution in [0.15, 0.2) is 30.3 Å². The van der Waals surface area contributed by atoms with Gasteiger partial charge >= 0.3 is 6.03 Å². The van der Waals surface area contributed by atoms with E-state index in [1.807, 2.05) is 30.3 Å². The van der Waals surface area contributed by atoms with E-state index in [2.05, 4.69) is 24.1 Å². The van der Waals surface area contributed by atoms with Gasteiger partial charge in [-0.05, 0) is 38.4 Å². The second kappa shape index (κ2) is 7.59. The van der Waals surface area contributed by atoms with Gasteiger partial charge in [-0.25, -0.2) is 4.79 Å². The summed E-state index contributed by atoms with van der Waals surface area (Å²) < 4.78 is 0. The number of rotatable bonds is 8. The molecule has 0 radical (unpaired) electrons. The van der Waals surface area contributed by atoms with E-state index in [4.69, 9.17) is 0 Å². The third-order valence-corrected chi connectivity index (χ3v) is 4.35. The zero-order valence-corrected chi connectivity index (χ0v) is 14.3. The van der Waals surface area contributed by atoms with Crippen LogP contribution in [0.1, 0.15) is 39.2 Å². The van der Waals surface area contributed by atoms with Crippen molar-refractivity contribution in [3.8, 4) is 0 Å². The first-order chi connectivity index (χ1) is 11.0. The van der Waals surface area contributed by atoms with Crippen molar-refractivity contribution in [1.29, 1.82) is 0 Å². The predicted octanol–water partition coefficient (Wildman–Crippen LogP) is 2.58. The molecule has 23 heavy (non-hydrogen) atoms. The topological polar surface area (TPSA) is 52.6 Å². The maximum absolute atomic E-state index is 12.8. The van der Waals surface area contributed by atoms with Crippen molar-refractivity contribution in [2.24, 2.45) is 0 Å². The lowest BCUT2D eigenvalue weighted by Gasteiger charge is -2.25. The van der Waals surface area contributed by atoms with Crippen molar-refractivity contribution in [3.63, 3.8) is 0 Å². The molecule has 5 nitrogen and oxygen atoms in total. The Hall–Kier alpha value is -1.88. The van der Waals surface area contributed by atoms with Gasteiger partial charge in [0.25, 0.3) is 5.91 Å². The van der Waals surface area contributed by atoms with E-state index in [-0.39, 0.29) is 11.9 Å². The van der Waals surface area contributed by atoms with Crippen LogP contribution in [0.2, 0.25) is 0 Å². The molecule has 0 saturated carbocycles. The zero-order valence-electron chi connectivity index (χ0n) is 14.3. The van der Waals surface area contributed by atoms with E-state index in [1.54, 1.807) is 6.92 Å². The van der Waals surface area contributed by atoms with Gasteiger partial charge in [0.2, 0.25) is 0 Å². The lowest BCUT2D eigenvalue weighted by atomic mass is 9.92. The molecule has 3 amide bonds. The summed E-state index contributed by atoms with van der Waals surface area (Å²) in [6, 6.07) is 9.12. The highest BCUT2D eigenvalue weighted by Gasteiger charge is 2.48. The third kappa shape index (κ3) is 3.72. The van der Waals surface area contributed by atoms with Crippen molar-refractivity contribution < 1.29 is 9.59 Å². The molecule has 0 aliphatic carbocycles. The number of hydrogen-bond acceptors (Lipinski definition) is 3. The Kier molecular flexibility index (Phi) is 5.77. The number of hydrogen-bond donors (Lipinski definition) is 1. The van der Waals surface area contributed by atoms with E-state index in [0.29, 0.717) is 6.54 Å². The molecule has 1 aliphatic heterocycles. The number of carbonyl (C=O) groups is 2. The highest BCUT2D eigenvalue weighted by atomic mass is 16.2. The fraction of sp³-hybridized carbons (Fsp3) is 0.556. The molecule has 1 aromatic rings. The molecule has 1 aromatic carbocycles. The summed E-state index contributed by atoms with van der Waals surface area (Å²) in [4.78, 5) is 28.7. The van der Waals surface area contributed by atoms with Crippen LogP contribution in [0.4, 0.5) is 4.79 Å². The van der Waals surface area contributed by atoms with Crippen LogP contribution < -0.4 is 5.32 Å². The van der Waals surface area contributed by atoms with E-state index in [0.717, 1.165) is 38.0 Å². The fourth-order valence-corrected chi connectivity index (χ4v) is 3.08. The van der Waals surface area contributed by atoms with E-state index >= 15 is 0 Å². The van der Waals surface area contributed by atoms with Crippen LogP contribution in [0, 0.1) is 0 Å².